The summed E-state index contributed by atoms with van der Waals surface area (Å²) in [5, 5.41) is 5.59. The van der Waals surface area contributed by atoms with Gasteiger partial charge in [0.2, 0.25) is 5.91 Å². The first-order valence-corrected chi connectivity index (χ1v) is 7.15. The lowest BCUT2D eigenvalue weighted by molar-refractivity contribution is -0.116. The van der Waals surface area contributed by atoms with Crippen molar-refractivity contribution in [3.63, 3.8) is 0 Å². The van der Waals surface area contributed by atoms with E-state index in [0.29, 0.717) is 31.0 Å². The van der Waals surface area contributed by atoms with Crippen molar-refractivity contribution in [3.8, 4) is 0 Å². The van der Waals surface area contributed by atoms with E-state index in [1.54, 1.807) is 24.4 Å². The maximum Gasteiger partial charge on any atom is 0.252 e. The number of allylic oxidation sites excluding steroid dienone is 1. The highest BCUT2D eigenvalue weighted by atomic mass is 16.2. The number of amides is 2. The number of hydrogen-bond donors (Lipinski definition) is 2. The zero-order chi connectivity index (χ0) is 15.7. The van der Waals surface area contributed by atoms with Crippen LogP contribution in [-0.2, 0) is 4.79 Å². The first kappa shape index (κ1) is 16.9. The largest absolute Gasteiger partial charge is 0.352 e. The van der Waals surface area contributed by atoms with Crippen LogP contribution >= 0.6 is 0 Å². The molecule has 0 aliphatic heterocycles. The summed E-state index contributed by atoms with van der Waals surface area (Å²) in [5.74, 6) is 0.138. The molecule has 0 saturated carbocycles. The van der Waals surface area contributed by atoms with E-state index in [-0.39, 0.29) is 11.8 Å². The van der Waals surface area contributed by atoms with Crippen LogP contribution in [0.4, 0.5) is 0 Å². The molecule has 5 heteroatoms. The third-order valence-electron chi connectivity index (χ3n) is 3.13. The number of carbonyl (C=O) groups is 2. The quantitative estimate of drug-likeness (QED) is 0.595. The molecule has 2 amide bonds. The number of aromatic nitrogens is 1. The zero-order valence-corrected chi connectivity index (χ0v) is 12.8. The van der Waals surface area contributed by atoms with Gasteiger partial charge in [-0.3, -0.25) is 14.6 Å². The summed E-state index contributed by atoms with van der Waals surface area (Å²) in [7, 11) is 0. The monoisotopic (exact) mass is 289 g/mol. The number of nitrogens with one attached hydrogen (secondary N) is 2. The molecular formula is C16H23N3O2. The Kier molecular flexibility index (Phi) is 7.15. The van der Waals surface area contributed by atoms with Crippen molar-refractivity contribution in [2.24, 2.45) is 5.92 Å². The van der Waals surface area contributed by atoms with Gasteiger partial charge in [0, 0.05) is 31.6 Å². The second kappa shape index (κ2) is 8.89. The van der Waals surface area contributed by atoms with Gasteiger partial charge in [0.25, 0.3) is 5.91 Å². The molecule has 0 aliphatic carbocycles. The minimum Gasteiger partial charge on any atom is -0.352 e. The van der Waals surface area contributed by atoms with Gasteiger partial charge in [-0.05, 0) is 31.4 Å². The van der Waals surface area contributed by atoms with Crippen molar-refractivity contribution in [1.29, 1.82) is 0 Å². The minimum absolute atomic E-state index is 0.0835. The molecule has 0 atom stereocenters. The summed E-state index contributed by atoms with van der Waals surface area (Å²) in [6.45, 7) is 7.09. The summed E-state index contributed by atoms with van der Waals surface area (Å²) < 4.78 is 0. The fourth-order valence-electron chi connectivity index (χ4n) is 1.53. The summed E-state index contributed by atoms with van der Waals surface area (Å²) in [5.41, 5.74) is 1.59. The SMILES string of the molecule is C/C(=C\C(=O)NCCCNC(=O)c1cccnc1)C(C)C. The Balaban J connectivity index is 2.19. The summed E-state index contributed by atoms with van der Waals surface area (Å²) in [4.78, 5) is 27.2. The third kappa shape index (κ3) is 6.70. The molecule has 1 aromatic heterocycles. The Morgan fingerprint density at radius 3 is 2.62 bits per heavy atom. The summed E-state index contributed by atoms with van der Waals surface area (Å²) in [6, 6.07) is 3.43. The van der Waals surface area contributed by atoms with Crippen LogP contribution in [0.2, 0.25) is 0 Å². The average Bonchev–Trinajstić information content (AvgIpc) is 2.47. The molecule has 21 heavy (non-hydrogen) atoms. The van der Waals surface area contributed by atoms with Gasteiger partial charge in [-0.1, -0.05) is 19.4 Å². The van der Waals surface area contributed by atoms with Gasteiger partial charge in [0.15, 0.2) is 0 Å². The number of carbonyl (C=O) groups excluding carboxylic acids is 2. The molecule has 1 heterocycles. The molecule has 114 valence electrons. The van der Waals surface area contributed by atoms with Gasteiger partial charge in [-0.2, -0.15) is 0 Å². The van der Waals surface area contributed by atoms with Crippen LogP contribution in [0.5, 0.6) is 0 Å². The molecule has 0 fully saturated rings. The van der Waals surface area contributed by atoms with Crippen LogP contribution in [0.25, 0.3) is 0 Å². The third-order valence-corrected chi connectivity index (χ3v) is 3.13. The smallest absolute Gasteiger partial charge is 0.252 e. The van der Waals surface area contributed by atoms with E-state index >= 15 is 0 Å². The Hall–Kier alpha value is -2.17. The summed E-state index contributed by atoms with van der Waals surface area (Å²) in [6.07, 6.45) is 5.46. The van der Waals surface area contributed by atoms with Gasteiger partial charge < -0.3 is 10.6 Å². The lowest BCUT2D eigenvalue weighted by Crippen LogP contribution is -2.29. The molecule has 2 N–H and O–H groups in total. The second-order valence-electron chi connectivity index (χ2n) is 5.19. The highest BCUT2D eigenvalue weighted by molar-refractivity contribution is 5.93. The lowest BCUT2D eigenvalue weighted by atomic mass is 10.1. The molecule has 0 aliphatic rings. The van der Waals surface area contributed by atoms with Crippen molar-refractivity contribution in [1.82, 2.24) is 15.6 Å². The lowest BCUT2D eigenvalue weighted by Gasteiger charge is -2.07. The van der Waals surface area contributed by atoms with E-state index in [1.807, 2.05) is 20.8 Å². The Labute approximate surface area is 125 Å². The first-order chi connectivity index (χ1) is 10.0. The highest BCUT2D eigenvalue weighted by Gasteiger charge is 2.04. The van der Waals surface area contributed by atoms with Crippen LogP contribution in [-0.4, -0.2) is 29.9 Å². The van der Waals surface area contributed by atoms with Gasteiger partial charge in [-0.15, -0.1) is 0 Å². The maximum absolute atomic E-state index is 11.7. The molecule has 0 bridgehead atoms. The topological polar surface area (TPSA) is 71.1 Å². The van der Waals surface area contributed by atoms with E-state index in [2.05, 4.69) is 15.6 Å². The fraction of sp³-hybridized carbons (Fsp3) is 0.438. The van der Waals surface area contributed by atoms with Crippen LogP contribution < -0.4 is 10.6 Å². The second-order valence-corrected chi connectivity index (χ2v) is 5.19. The van der Waals surface area contributed by atoms with Crippen molar-refractivity contribution < 1.29 is 9.59 Å². The normalized spacial score (nSPS) is 11.3. The molecule has 0 aromatic carbocycles. The standard InChI is InChI=1S/C16H23N3O2/c1-12(2)13(3)10-15(20)18-8-5-9-19-16(21)14-6-4-7-17-11-14/h4,6-7,10-12H,5,8-9H2,1-3H3,(H,18,20)(H,19,21)/b13-10+. The molecule has 1 aromatic rings. The molecule has 1 rings (SSSR count). The molecule has 5 nitrogen and oxygen atoms in total. The van der Waals surface area contributed by atoms with Gasteiger partial charge in [-0.25, -0.2) is 0 Å². The number of pyridine rings is 1. The molecule has 0 unspecified atom stereocenters. The Morgan fingerprint density at radius 1 is 1.29 bits per heavy atom. The van der Waals surface area contributed by atoms with E-state index in [0.717, 1.165) is 5.57 Å². The molecule has 0 radical (unpaired) electrons. The summed E-state index contributed by atoms with van der Waals surface area (Å²) >= 11 is 0. The van der Waals surface area contributed by atoms with Crippen molar-refractivity contribution in [2.75, 3.05) is 13.1 Å². The predicted molar refractivity (Wildman–Crippen MR) is 82.8 cm³/mol. The van der Waals surface area contributed by atoms with Crippen LogP contribution in [0.3, 0.4) is 0 Å². The first-order valence-electron chi connectivity index (χ1n) is 7.15. The molecule has 0 saturated heterocycles. The van der Waals surface area contributed by atoms with Gasteiger partial charge in [0.05, 0.1) is 5.56 Å². The predicted octanol–water partition coefficient (Wildman–Crippen LogP) is 1.92. The van der Waals surface area contributed by atoms with Crippen molar-refractivity contribution >= 4 is 11.8 Å². The van der Waals surface area contributed by atoms with Gasteiger partial charge in [0.1, 0.15) is 0 Å². The number of nitrogens with zero attached hydrogens (tertiary/aromatic N) is 1. The van der Waals surface area contributed by atoms with E-state index in [4.69, 9.17) is 0 Å². The Bertz CT molecular complexity index is 496. The molecule has 0 spiro atoms. The number of hydrogen-bond acceptors (Lipinski definition) is 3. The fourth-order valence-corrected chi connectivity index (χ4v) is 1.53. The van der Waals surface area contributed by atoms with Crippen LogP contribution in [0.1, 0.15) is 37.6 Å². The van der Waals surface area contributed by atoms with E-state index in [1.165, 1.54) is 6.20 Å². The van der Waals surface area contributed by atoms with E-state index < -0.39 is 0 Å². The minimum atomic E-state index is -0.148. The number of rotatable bonds is 7. The van der Waals surface area contributed by atoms with Crippen LogP contribution in [0.15, 0.2) is 36.2 Å². The maximum atomic E-state index is 11.7. The highest BCUT2D eigenvalue weighted by Crippen LogP contribution is 2.06. The van der Waals surface area contributed by atoms with Crippen LogP contribution in [0, 0.1) is 5.92 Å². The van der Waals surface area contributed by atoms with Crippen molar-refractivity contribution in [3.05, 3.63) is 41.7 Å². The van der Waals surface area contributed by atoms with E-state index in [9.17, 15) is 9.59 Å². The molecular weight excluding hydrogens is 266 g/mol. The Morgan fingerprint density at radius 2 is 2.00 bits per heavy atom. The van der Waals surface area contributed by atoms with Gasteiger partial charge >= 0.3 is 0 Å². The average molecular weight is 289 g/mol. The van der Waals surface area contributed by atoms with Crippen molar-refractivity contribution in [2.45, 2.75) is 27.2 Å². The zero-order valence-electron chi connectivity index (χ0n) is 12.8.